The van der Waals surface area contributed by atoms with Crippen LogP contribution >= 0.6 is 0 Å². The van der Waals surface area contributed by atoms with Crippen molar-refractivity contribution < 1.29 is 28.7 Å². The maximum absolute atomic E-state index is 11.6. The smallest absolute Gasteiger partial charge is 0.411 e. The molecule has 6 aromatic rings. The van der Waals surface area contributed by atoms with E-state index in [2.05, 4.69) is 42.9 Å². The number of aliphatic imine (C=N–C) groups is 1. The Balaban J connectivity index is 0.000000369. The van der Waals surface area contributed by atoms with E-state index in [9.17, 15) is 19.2 Å². The molecule has 0 bridgehead atoms. The van der Waals surface area contributed by atoms with Crippen molar-refractivity contribution in [2.75, 3.05) is 27.9 Å². The number of hydrogen-bond donors (Lipinski definition) is 4. The van der Waals surface area contributed by atoms with Crippen LogP contribution in [0.4, 0.5) is 43.7 Å². The highest BCUT2D eigenvalue weighted by Crippen LogP contribution is 2.10. The first kappa shape index (κ1) is 48.5. The Morgan fingerprint density at radius 3 is 1.22 bits per heavy atom. The lowest BCUT2D eigenvalue weighted by molar-refractivity contribution is -0.114. The Labute approximate surface area is 342 Å². The molecule has 0 saturated heterocycles. The van der Waals surface area contributed by atoms with Gasteiger partial charge in [-0.1, -0.05) is 126 Å². The molecule has 0 aliphatic rings. The zero-order valence-corrected chi connectivity index (χ0v) is 32.5. The average molecular weight is 792 g/mol. The van der Waals surface area contributed by atoms with Crippen molar-refractivity contribution in [3.8, 4) is 0 Å². The summed E-state index contributed by atoms with van der Waals surface area (Å²) in [5.41, 5.74) is 12.4. The predicted octanol–water partition coefficient (Wildman–Crippen LogP) is 11.5. The fourth-order valence-corrected chi connectivity index (χ4v) is 3.97. The highest BCUT2D eigenvalue weighted by molar-refractivity contribution is 5.99. The minimum Gasteiger partial charge on any atom is -0.450 e. The number of urea groups is 1. The number of para-hydroxylation sites is 5. The summed E-state index contributed by atoms with van der Waals surface area (Å²) in [5.74, 6) is 1.21. The first-order chi connectivity index (χ1) is 28.7. The molecule has 0 spiro atoms. The molecule has 0 radical (unpaired) electrons. The second kappa shape index (κ2) is 32.9. The van der Waals surface area contributed by atoms with Crippen molar-refractivity contribution in [3.05, 3.63) is 199 Å². The molecule has 4 amide bonds. The molecule has 0 fully saturated rings. The minimum absolute atomic E-state index is 0.0359. The summed E-state index contributed by atoms with van der Waals surface area (Å²) < 4.78 is 4.70. The van der Waals surface area contributed by atoms with Crippen LogP contribution in [-0.2, 0) is 19.1 Å². The lowest BCUT2D eigenvalue weighted by atomic mass is 10.3. The number of amides is 4. The topological polar surface area (TPSA) is 204 Å². The molecule has 14 nitrogen and oxygen atoms in total. The number of nitrogens with zero attached hydrogens (tertiary/aromatic N) is 4. The second-order valence-electron chi connectivity index (χ2n) is 10.8. The van der Waals surface area contributed by atoms with E-state index in [1.165, 1.54) is 18.9 Å². The summed E-state index contributed by atoms with van der Waals surface area (Å²) in [6.45, 7) is 6.33. The third-order valence-corrected chi connectivity index (χ3v) is 6.30. The largest absolute Gasteiger partial charge is 0.450 e. The van der Waals surface area contributed by atoms with Crippen LogP contribution in [0.15, 0.2) is 199 Å². The van der Waals surface area contributed by atoms with Crippen LogP contribution in [0.25, 0.3) is 10.4 Å². The first-order valence-corrected chi connectivity index (χ1v) is 17.6. The van der Waals surface area contributed by atoms with Crippen LogP contribution in [0.1, 0.15) is 13.8 Å². The molecular formula is C45H44N8O6. The van der Waals surface area contributed by atoms with Gasteiger partial charge in [-0.25, -0.2) is 19.2 Å². The summed E-state index contributed by atoms with van der Waals surface area (Å²) in [4.78, 5) is 57.2. The second-order valence-corrected chi connectivity index (χ2v) is 10.8. The van der Waals surface area contributed by atoms with Gasteiger partial charge in [-0.05, 0) is 79.7 Å². The van der Waals surface area contributed by atoms with Gasteiger partial charge in [0, 0.05) is 40.3 Å². The number of azide groups is 1. The van der Waals surface area contributed by atoms with Crippen LogP contribution in [-0.4, -0.2) is 36.7 Å². The monoisotopic (exact) mass is 791 g/mol. The van der Waals surface area contributed by atoms with Gasteiger partial charge in [0.05, 0.1) is 12.3 Å². The molecule has 59 heavy (non-hydrogen) atoms. The molecular weight excluding hydrogens is 748 g/mol. The van der Waals surface area contributed by atoms with Gasteiger partial charge in [0.25, 0.3) is 0 Å². The molecule has 14 heteroatoms. The number of hydrogen-bond acceptors (Lipinski definition) is 8. The van der Waals surface area contributed by atoms with E-state index in [0.717, 1.165) is 22.7 Å². The van der Waals surface area contributed by atoms with Crippen molar-refractivity contribution in [1.82, 2.24) is 0 Å². The number of rotatable bonds is 7. The number of ether oxygens (including phenoxy) is 1. The molecule has 0 atom stereocenters. The number of carbonyl (C=O) groups excluding carboxylic acids is 5. The molecule has 6 aromatic carbocycles. The normalized spacial score (nSPS) is 8.51. The number of benzene rings is 6. The summed E-state index contributed by atoms with van der Waals surface area (Å²) in [5, 5.41) is 14.1. The Morgan fingerprint density at radius 1 is 0.576 bits per heavy atom. The number of carbonyl (C=O) groups is 3. The maximum Gasteiger partial charge on any atom is 0.411 e. The number of nitrogens with one attached hydrogen (secondary N) is 4. The van der Waals surface area contributed by atoms with Crippen LogP contribution in [0.3, 0.4) is 0 Å². The van der Waals surface area contributed by atoms with Gasteiger partial charge < -0.3 is 20.7 Å². The van der Waals surface area contributed by atoms with E-state index in [-0.39, 0.29) is 11.9 Å². The summed E-state index contributed by atoms with van der Waals surface area (Å²) in [6, 6.07) is 55.0. The van der Waals surface area contributed by atoms with Crippen molar-refractivity contribution >= 4 is 64.2 Å². The van der Waals surface area contributed by atoms with Crippen molar-refractivity contribution in [2.45, 2.75) is 13.8 Å². The minimum atomic E-state index is -0.413. The van der Waals surface area contributed by atoms with Gasteiger partial charge in [0.15, 0.2) is 0 Å². The Bertz CT molecular complexity index is 2070. The van der Waals surface area contributed by atoms with Crippen molar-refractivity contribution in [1.29, 1.82) is 0 Å². The summed E-state index contributed by atoms with van der Waals surface area (Å²) in [6.07, 6.45) is 1.05. The van der Waals surface area contributed by atoms with Gasteiger partial charge in [0.1, 0.15) is 5.94 Å². The Hall–Kier alpha value is -8.53. The van der Waals surface area contributed by atoms with Gasteiger partial charge in [-0.2, -0.15) is 4.99 Å². The molecule has 0 unspecified atom stereocenters. The highest BCUT2D eigenvalue weighted by Gasteiger charge is 2.01. The zero-order chi connectivity index (χ0) is 43.2. The molecule has 0 aliphatic heterocycles. The number of isocyanates is 1. The number of anilines is 4. The van der Waals surface area contributed by atoms with Gasteiger partial charge in [0.2, 0.25) is 12.0 Å². The lowest BCUT2D eigenvalue weighted by Gasteiger charge is -2.06. The Morgan fingerprint density at radius 2 is 0.898 bits per heavy atom. The van der Waals surface area contributed by atoms with Gasteiger partial charge in [-0.15, -0.1) is 0 Å². The fraction of sp³-hybridized carbons (Fsp3) is 0.0667. The van der Waals surface area contributed by atoms with E-state index in [1.54, 1.807) is 43.3 Å². The van der Waals surface area contributed by atoms with Gasteiger partial charge in [-0.3, -0.25) is 10.1 Å². The van der Waals surface area contributed by atoms with Crippen LogP contribution in [0, 0.1) is 0 Å². The zero-order valence-electron chi connectivity index (χ0n) is 32.5. The summed E-state index contributed by atoms with van der Waals surface area (Å²) >= 11 is 0. The van der Waals surface area contributed by atoms with Crippen LogP contribution in [0.2, 0.25) is 0 Å². The molecule has 4 N–H and O–H groups in total. The van der Waals surface area contributed by atoms with E-state index < -0.39 is 6.09 Å². The summed E-state index contributed by atoms with van der Waals surface area (Å²) in [7, 11) is 0. The van der Waals surface area contributed by atoms with Crippen LogP contribution in [0.5, 0.6) is 0 Å². The maximum atomic E-state index is 11.6. The van der Waals surface area contributed by atoms with Crippen LogP contribution < -0.4 is 21.3 Å². The van der Waals surface area contributed by atoms with E-state index >= 15 is 0 Å². The third kappa shape index (κ3) is 26.8. The predicted molar refractivity (Wildman–Crippen MR) is 234 cm³/mol. The fourth-order valence-electron chi connectivity index (χ4n) is 3.97. The molecule has 300 valence electrons. The average Bonchev–Trinajstić information content (AvgIpc) is 3.24. The van der Waals surface area contributed by atoms with E-state index in [4.69, 9.17) is 15.1 Å². The van der Waals surface area contributed by atoms with Crippen molar-refractivity contribution in [3.63, 3.8) is 0 Å². The standard InChI is InChI=1S/C13H12N2O.C9H11NO2.C8H9NO.C7H5NO.C6H5N3.C2H2O/c16-13(14-11-7-3-1-4-8-11)15-12-9-5-2-6-10-12;1-2-12-9(11)10-8-6-4-3-5-7-8;1-7(10)9-8-5-3-2-4-6-8;9-6-8-7-4-2-1-3-5-7;7-9-8-6-4-2-1-3-5-6;1-2-3/h1-10H,(H2,14,15,16);3-7H,2H2,1H3,(H,10,11);2-6H,1H3,(H,9,10);2*1-5H;1H2/i;;;;;2-1. The Kier molecular flexibility index (Phi) is 27.0. The highest BCUT2D eigenvalue weighted by atomic mass is 16.5. The van der Waals surface area contributed by atoms with E-state index in [0.29, 0.717) is 18.0 Å². The van der Waals surface area contributed by atoms with Crippen molar-refractivity contribution in [2.24, 2.45) is 10.1 Å². The molecule has 6 rings (SSSR count). The van der Waals surface area contributed by atoms with Gasteiger partial charge >= 0.3 is 12.1 Å². The lowest BCUT2D eigenvalue weighted by Crippen LogP contribution is -2.19. The molecule has 0 aromatic heterocycles. The third-order valence-electron chi connectivity index (χ3n) is 6.30. The molecule has 0 aliphatic carbocycles. The quantitative estimate of drug-likeness (QED) is 0.0309. The molecule has 0 heterocycles. The SMILES string of the molecule is C=[11C]=O.CC(=O)Nc1ccccc1.CCOC(=O)Nc1ccccc1.O=C(Nc1ccccc1)Nc1ccccc1.O=C=Nc1ccccc1.[N-]=[N+]=Nc1ccccc1. The molecule has 0 saturated carbocycles. The van der Waals surface area contributed by atoms with E-state index in [1.807, 2.05) is 146 Å². The first-order valence-electron chi connectivity index (χ1n) is 17.6.